The molecule has 92 valence electrons. The molecule has 1 atom stereocenters. The van der Waals surface area contributed by atoms with Crippen LogP contribution in [0.25, 0.3) is 11.4 Å². The predicted molar refractivity (Wildman–Crippen MR) is 65.5 cm³/mol. The summed E-state index contributed by atoms with van der Waals surface area (Å²) in [4.78, 5) is 8.41. The van der Waals surface area contributed by atoms with Crippen molar-refractivity contribution >= 4 is 0 Å². The molecule has 0 aromatic carbocycles. The summed E-state index contributed by atoms with van der Waals surface area (Å²) in [5.74, 6) is 1.26. The van der Waals surface area contributed by atoms with Crippen molar-refractivity contribution in [3.05, 3.63) is 29.9 Å². The zero-order valence-electron chi connectivity index (χ0n) is 10.4. The molecule has 0 bridgehead atoms. The highest BCUT2D eigenvalue weighted by molar-refractivity contribution is 5.57. The SMILES string of the molecule is Cc1cnccc1-c1noc(C(C)CCC#N)n1. The van der Waals surface area contributed by atoms with Crippen molar-refractivity contribution in [2.45, 2.75) is 32.6 Å². The molecule has 2 aromatic heterocycles. The first kappa shape index (κ1) is 12.2. The van der Waals surface area contributed by atoms with Crippen molar-refractivity contribution in [3.8, 4) is 17.5 Å². The summed E-state index contributed by atoms with van der Waals surface area (Å²) < 4.78 is 5.24. The van der Waals surface area contributed by atoms with Crippen LogP contribution < -0.4 is 0 Å². The quantitative estimate of drug-likeness (QED) is 0.823. The summed E-state index contributed by atoms with van der Waals surface area (Å²) >= 11 is 0. The number of aromatic nitrogens is 3. The lowest BCUT2D eigenvalue weighted by Crippen LogP contribution is -1.93. The van der Waals surface area contributed by atoms with Gasteiger partial charge in [-0.1, -0.05) is 12.1 Å². The van der Waals surface area contributed by atoms with Crippen molar-refractivity contribution in [1.82, 2.24) is 15.1 Å². The Balaban J connectivity index is 2.21. The minimum absolute atomic E-state index is 0.105. The summed E-state index contributed by atoms with van der Waals surface area (Å²) in [7, 11) is 0. The highest BCUT2D eigenvalue weighted by Gasteiger charge is 2.15. The summed E-state index contributed by atoms with van der Waals surface area (Å²) in [6.45, 7) is 3.94. The third-order valence-corrected chi connectivity index (χ3v) is 2.81. The Morgan fingerprint density at radius 2 is 2.33 bits per heavy atom. The van der Waals surface area contributed by atoms with Crippen LogP contribution >= 0.6 is 0 Å². The number of nitrogens with zero attached hydrogens (tertiary/aromatic N) is 4. The van der Waals surface area contributed by atoms with Crippen molar-refractivity contribution in [2.24, 2.45) is 0 Å². The summed E-state index contributed by atoms with van der Waals surface area (Å²) in [5, 5.41) is 12.5. The fraction of sp³-hybridized carbons (Fsp3) is 0.385. The van der Waals surface area contributed by atoms with Gasteiger partial charge in [-0.05, 0) is 25.0 Å². The van der Waals surface area contributed by atoms with Crippen LogP contribution in [0.2, 0.25) is 0 Å². The molecule has 2 heterocycles. The molecule has 5 heteroatoms. The van der Waals surface area contributed by atoms with Gasteiger partial charge in [-0.15, -0.1) is 0 Å². The van der Waals surface area contributed by atoms with E-state index in [0.717, 1.165) is 17.5 Å². The molecular weight excluding hydrogens is 228 g/mol. The maximum atomic E-state index is 8.56. The molecular formula is C13H14N4O. The topological polar surface area (TPSA) is 75.6 Å². The fourth-order valence-electron chi connectivity index (χ4n) is 1.67. The first-order valence-electron chi connectivity index (χ1n) is 5.84. The smallest absolute Gasteiger partial charge is 0.229 e. The fourth-order valence-corrected chi connectivity index (χ4v) is 1.67. The Bertz CT molecular complexity index is 570. The first-order chi connectivity index (χ1) is 8.72. The van der Waals surface area contributed by atoms with E-state index < -0.39 is 0 Å². The van der Waals surface area contributed by atoms with E-state index in [1.54, 1.807) is 12.4 Å². The summed E-state index contributed by atoms with van der Waals surface area (Å²) in [6, 6.07) is 3.98. The normalized spacial score (nSPS) is 12.1. The number of pyridine rings is 1. The van der Waals surface area contributed by atoms with Crippen molar-refractivity contribution in [3.63, 3.8) is 0 Å². The Morgan fingerprint density at radius 1 is 1.50 bits per heavy atom. The van der Waals surface area contributed by atoms with Crippen LogP contribution in [0.5, 0.6) is 0 Å². The summed E-state index contributed by atoms with van der Waals surface area (Å²) in [6.07, 6.45) is 4.70. The highest BCUT2D eigenvalue weighted by Crippen LogP contribution is 2.23. The van der Waals surface area contributed by atoms with Crippen LogP contribution in [0.1, 0.15) is 37.1 Å². The zero-order chi connectivity index (χ0) is 13.0. The van der Waals surface area contributed by atoms with E-state index in [9.17, 15) is 0 Å². The van der Waals surface area contributed by atoms with Gasteiger partial charge in [0.15, 0.2) is 0 Å². The van der Waals surface area contributed by atoms with Crippen molar-refractivity contribution in [1.29, 1.82) is 5.26 Å². The number of hydrogen-bond donors (Lipinski definition) is 0. The zero-order valence-corrected chi connectivity index (χ0v) is 10.4. The van der Waals surface area contributed by atoms with E-state index in [2.05, 4.69) is 21.2 Å². The van der Waals surface area contributed by atoms with Gasteiger partial charge in [0.1, 0.15) is 0 Å². The van der Waals surface area contributed by atoms with E-state index in [-0.39, 0.29) is 5.92 Å². The second-order valence-corrected chi connectivity index (χ2v) is 4.24. The minimum atomic E-state index is 0.105. The van der Waals surface area contributed by atoms with Crippen LogP contribution in [-0.4, -0.2) is 15.1 Å². The van der Waals surface area contributed by atoms with Gasteiger partial charge in [0, 0.05) is 30.3 Å². The second kappa shape index (κ2) is 5.41. The molecule has 0 aliphatic carbocycles. The molecule has 0 radical (unpaired) electrons. The molecule has 0 saturated heterocycles. The average molecular weight is 242 g/mol. The Hall–Kier alpha value is -2.22. The monoisotopic (exact) mass is 242 g/mol. The molecule has 0 fully saturated rings. The Labute approximate surface area is 105 Å². The van der Waals surface area contributed by atoms with Crippen molar-refractivity contribution in [2.75, 3.05) is 0 Å². The number of aryl methyl sites for hydroxylation is 1. The second-order valence-electron chi connectivity index (χ2n) is 4.24. The van der Waals surface area contributed by atoms with Gasteiger partial charge < -0.3 is 4.52 Å². The third kappa shape index (κ3) is 2.54. The molecule has 2 rings (SSSR count). The first-order valence-corrected chi connectivity index (χ1v) is 5.84. The number of hydrogen-bond acceptors (Lipinski definition) is 5. The van der Waals surface area contributed by atoms with E-state index in [1.807, 2.05) is 19.9 Å². The third-order valence-electron chi connectivity index (χ3n) is 2.81. The Kier molecular flexibility index (Phi) is 3.68. The molecule has 2 aromatic rings. The molecule has 1 unspecified atom stereocenters. The Morgan fingerprint density at radius 3 is 3.06 bits per heavy atom. The molecule has 0 N–H and O–H groups in total. The molecule has 0 aliphatic heterocycles. The molecule has 0 aliphatic rings. The maximum absolute atomic E-state index is 8.56. The van der Waals surface area contributed by atoms with Crippen LogP contribution in [0.15, 0.2) is 23.0 Å². The number of rotatable bonds is 4. The van der Waals surface area contributed by atoms with Gasteiger partial charge in [-0.3, -0.25) is 4.98 Å². The lowest BCUT2D eigenvalue weighted by atomic mass is 10.1. The maximum Gasteiger partial charge on any atom is 0.229 e. The van der Waals surface area contributed by atoms with Crippen LogP contribution in [0.4, 0.5) is 0 Å². The van der Waals surface area contributed by atoms with Gasteiger partial charge in [0.05, 0.1) is 6.07 Å². The van der Waals surface area contributed by atoms with Crippen LogP contribution in [0, 0.1) is 18.3 Å². The molecule has 18 heavy (non-hydrogen) atoms. The molecule has 0 spiro atoms. The molecule has 0 saturated carbocycles. The van der Waals surface area contributed by atoms with Crippen LogP contribution in [0.3, 0.4) is 0 Å². The highest BCUT2D eigenvalue weighted by atomic mass is 16.5. The van der Waals surface area contributed by atoms with Gasteiger partial charge in [-0.25, -0.2) is 0 Å². The standard InChI is InChI=1S/C13H14N4O/c1-9(4-3-6-14)13-16-12(17-18-13)11-5-7-15-8-10(11)2/h5,7-9H,3-4H2,1-2H3. The molecule has 5 nitrogen and oxygen atoms in total. The number of nitriles is 1. The molecule has 0 amide bonds. The largest absolute Gasteiger partial charge is 0.339 e. The average Bonchev–Trinajstić information content (AvgIpc) is 2.86. The lowest BCUT2D eigenvalue weighted by molar-refractivity contribution is 0.355. The van der Waals surface area contributed by atoms with E-state index in [1.165, 1.54) is 0 Å². The van der Waals surface area contributed by atoms with Gasteiger partial charge in [0.25, 0.3) is 0 Å². The summed E-state index contributed by atoms with van der Waals surface area (Å²) in [5.41, 5.74) is 1.93. The van der Waals surface area contributed by atoms with E-state index in [4.69, 9.17) is 9.78 Å². The van der Waals surface area contributed by atoms with Gasteiger partial charge in [0.2, 0.25) is 11.7 Å². The van der Waals surface area contributed by atoms with E-state index in [0.29, 0.717) is 18.1 Å². The van der Waals surface area contributed by atoms with E-state index >= 15 is 0 Å². The minimum Gasteiger partial charge on any atom is -0.339 e. The van der Waals surface area contributed by atoms with Crippen molar-refractivity contribution < 1.29 is 4.52 Å². The van der Waals surface area contributed by atoms with Gasteiger partial charge >= 0.3 is 0 Å². The van der Waals surface area contributed by atoms with Crippen LogP contribution in [-0.2, 0) is 0 Å². The predicted octanol–water partition coefficient (Wildman–Crippen LogP) is 2.85. The van der Waals surface area contributed by atoms with Gasteiger partial charge in [-0.2, -0.15) is 10.2 Å². The lowest BCUT2D eigenvalue weighted by Gasteiger charge is -2.01.